The quantitative estimate of drug-likeness (QED) is 0.743. The highest BCUT2D eigenvalue weighted by Gasteiger charge is 2.27. The third-order valence-electron chi connectivity index (χ3n) is 3.78. The predicted octanol–water partition coefficient (Wildman–Crippen LogP) is 2.52. The minimum absolute atomic E-state index is 0.0141. The third-order valence-corrected chi connectivity index (χ3v) is 3.78. The van der Waals surface area contributed by atoms with Gasteiger partial charge in [-0.15, -0.1) is 0 Å². The van der Waals surface area contributed by atoms with Crippen LogP contribution in [-0.4, -0.2) is 34.6 Å². The lowest BCUT2D eigenvalue weighted by molar-refractivity contribution is -0.137. The number of benzene rings is 1. The van der Waals surface area contributed by atoms with Crippen molar-refractivity contribution in [2.75, 3.05) is 17.6 Å². The molecular formula is C15H21N3O3. The average Bonchev–Trinajstić information content (AvgIpc) is 2.47. The number of anilines is 2. The first kappa shape index (κ1) is 15.2. The number of nitrogens with zero attached hydrogens (tertiary/aromatic N) is 1. The minimum atomic E-state index is -0.826. The van der Waals surface area contributed by atoms with Crippen LogP contribution in [0.5, 0.6) is 0 Å². The monoisotopic (exact) mass is 291 g/mol. The Morgan fingerprint density at radius 3 is 2.81 bits per heavy atom. The van der Waals surface area contributed by atoms with Crippen molar-refractivity contribution in [2.24, 2.45) is 0 Å². The van der Waals surface area contributed by atoms with Gasteiger partial charge in [0.2, 0.25) is 0 Å². The Morgan fingerprint density at radius 2 is 2.10 bits per heavy atom. The molecule has 0 aliphatic carbocycles. The molecule has 1 heterocycles. The fraction of sp³-hybridized carbons (Fsp3) is 0.467. The lowest BCUT2D eigenvalue weighted by atomic mass is 9.98. The van der Waals surface area contributed by atoms with Crippen LogP contribution in [0.25, 0.3) is 0 Å². The van der Waals surface area contributed by atoms with Crippen molar-refractivity contribution < 1.29 is 14.7 Å². The Bertz CT molecular complexity index is 519. The zero-order valence-corrected chi connectivity index (χ0v) is 11.9. The van der Waals surface area contributed by atoms with E-state index in [1.807, 2.05) is 12.1 Å². The van der Waals surface area contributed by atoms with Crippen molar-refractivity contribution in [2.45, 2.75) is 38.1 Å². The van der Waals surface area contributed by atoms with E-state index in [0.29, 0.717) is 24.3 Å². The topological polar surface area (TPSA) is 95.7 Å². The van der Waals surface area contributed by atoms with Crippen LogP contribution in [-0.2, 0) is 4.79 Å². The maximum Gasteiger partial charge on any atom is 0.322 e. The molecule has 1 aliphatic rings. The number of nitrogen functional groups attached to an aromatic ring is 1. The normalized spacial score (nSPS) is 18.3. The number of carbonyl (C=O) groups excluding carboxylic acids is 1. The van der Waals surface area contributed by atoms with Crippen LogP contribution >= 0.6 is 0 Å². The lowest BCUT2D eigenvalue weighted by Crippen LogP contribution is -2.46. The number of para-hydroxylation sites is 2. The van der Waals surface area contributed by atoms with Crippen LogP contribution in [0.2, 0.25) is 0 Å². The Balaban J connectivity index is 2.01. The minimum Gasteiger partial charge on any atom is -0.481 e. The van der Waals surface area contributed by atoms with Crippen molar-refractivity contribution in [1.82, 2.24) is 4.90 Å². The van der Waals surface area contributed by atoms with E-state index in [0.717, 1.165) is 19.3 Å². The molecule has 4 N–H and O–H groups in total. The maximum absolute atomic E-state index is 12.4. The van der Waals surface area contributed by atoms with E-state index in [-0.39, 0.29) is 18.5 Å². The van der Waals surface area contributed by atoms with Gasteiger partial charge in [-0.2, -0.15) is 0 Å². The van der Waals surface area contributed by atoms with E-state index in [1.54, 1.807) is 17.0 Å². The molecule has 1 aliphatic heterocycles. The van der Waals surface area contributed by atoms with Crippen molar-refractivity contribution in [3.05, 3.63) is 24.3 Å². The lowest BCUT2D eigenvalue weighted by Gasteiger charge is -2.35. The smallest absolute Gasteiger partial charge is 0.322 e. The van der Waals surface area contributed by atoms with E-state index < -0.39 is 5.97 Å². The zero-order valence-electron chi connectivity index (χ0n) is 11.9. The molecule has 2 amide bonds. The molecule has 2 rings (SSSR count). The molecule has 1 unspecified atom stereocenters. The fourth-order valence-electron chi connectivity index (χ4n) is 2.66. The van der Waals surface area contributed by atoms with Gasteiger partial charge in [0.15, 0.2) is 0 Å². The van der Waals surface area contributed by atoms with Crippen molar-refractivity contribution in [3.63, 3.8) is 0 Å². The second-order valence-corrected chi connectivity index (χ2v) is 5.29. The number of carbonyl (C=O) groups is 2. The summed E-state index contributed by atoms with van der Waals surface area (Å²) in [5, 5.41) is 11.6. The van der Waals surface area contributed by atoms with Gasteiger partial charge in [-0.3, -0.25) is 4.79 Å². The summed E-state index contributed by atoms with van der Waals surface area (Å²) in [4.78, 5) is 24.8. The number of likely N-dealkylation sites (tertiary alicyclic amines) is 1. The van der Waals surface area contributed by atoms with Gasteiger partial charge < -0.3 is 21.1 Å². The van der Waals surface area contributed by atoms with Gasteiger partial charge in [-0.05, 0) is 37.8 Å². The Morgan fingerprint density at radius 1 is 1.33 bits per heavy atom. The second kappa shape index (κ2) is 6.97. The summed E-state index contributed by atoms with van der Waals surface area (Å²) in [6, 6.07) is 6.88. The number of amides is 2. The molecule has 0 spiro atoms. The summed E-state index contributed by atoms with van der Waals surface area (Å²) in [6.07, 6.45) is 3.41. The van der Waals surface area contributed by atoms with E-state index in [2.05, 4.69) is 5.32 Å². The van der Waals surface area contributed by atoms with Crippen LogP contribution in [0.15, 0.2) is 24.3 Å². The first-order chi connectivity index (χ1) is 10.1. The molecule has 0 radical (unpaired) electrons. The highest BCUT2D eigenvalue weighted by molar-refractivity contribution is 5.92. The van der Waals surface area contributed by atoms with Gasteiger partial charge in [0.25, 0.3) is 0 Å². The number of nitrogens with two attached hydrogens (primary N) is 1. The van der Waals surface area contributed by atoms with Crippen LogP contribution in [0.1, 0.15) is 32.1 Å². The molecule has 6 nitrogen and oxygen atoms in total. The van der Waals surface area contributed by atoms with E-state index in [4.69, 9.17) is 10.8 Å². The average molecular weight is 291 g/mol. The van der Waals surface area contributed by atoms with Crippen LogP contribution in [0.4, 0.5) is 16.2 Å². The summed E-state index contributed by atoms with van der Waals surface area (Å²) in [5.41, 5.74) is 6.93. The number of aliphatic carboxylic acids is 1. The molecule has 1 aromatic rings. The zero-order chi connectivity index (χ0) is 15.2. The standard InChI is InChI=1S/C15H21N3O3/c16-12-6-1-2-7-13(12)17-15(21)18-10-4-3-5-11(18)8-9-14(19)20/h1-2,6-7,11H,3-5,8-10,16H2,(H,17,21)(H,19,20). The number of hydrogen-bond donors (Lipinski definition) is 3. The molecule has 0 saturated carbocycles. The summed E-state index contributed by atoms with van der Waals surface area (Å²) < 4.78 is 0. The van der Waals surface area contributed by atoms with Crippen LogP contribution in [0, 0.1) is 0 Å². The van der Waals surface area contributed by atoms with Crippen LogP contribution in [0.3, 0.4) is 0 Å². The number of urea groups is 1. The summed E-state index contributed by atoms with van der Waals surface area (Å²) in [7, 11) is 0. The van der Waals surface area contributed by atoms with Gasteiger partial charge in [0, 0.05) is 19.0 Å². The van der Waals surface area contributed by atoms with E-state index in [9.17, 15) is 9.59 Å². The number of carboxylic acids is 1. The molecular weight excluding hydrogens is 270 g/mol. The summed E-state index contributed by atoms with van der Waals surface area (Å²) in [5.74, 6) is -0.826. The van der Waals surface area contributed by atoms with E-state index in [1.165, 1.54) is 0 Å². The maximum atomic E-state index is 12.4. The SMILES string of the molecule is Nc1ccccc1NC(=O)N1CCCCC1CCC(=O)O. The largest absolute Gasteiger partial charge is 0.481 e. The molecule has 1 aromatic carbocycles. The van der Waals surface area contributed by atoms with Gasteiger partial charge >= 0.3 is 12.0 Å². The molecule has 0 bridgehead atoms. The highest BCUT2D eigenvalue weighted by atomic mass is 16.4. The summed E-state index contributed by atoms with van der Waals surface area (Å²) >= 11 is 0. The van der Waals surface area contributed by atoms with Crippen LogP contribution < -0.4 is 11.1 Å². The van der Waals surface area contributed by atoms with Crippen molar-refractivity contribution in [1.29, 1.82) is 0 Å². The number of nitrogens with one attached hydrogen (secondary N) is 1. The number of carboxylic acid groups (broad SMARTS) is 1. The first-order valence-corrected chi connectivity index (χ1v) is 7.22. The van der Waals surface area contributed by atoms with Crippen molar-refractivity contribution in [3.8, 4) is 0 Å². The van der Waals surface area contributed by atoms with Gasteiger partial charge in [-0.1, -0.05) is 12.1 Å². The second-order valence-electron chi connectivity index (χ2n) is 5.29. The molecule has 1 atom stereocenters. The van der Waals surface area contributed by atoms with E-state index >= 15 is 0 Å². The number of hydrogen-bond acceptors (Lipinski definition) is 3. The van der Waals surface area contributed by atoms with Gasteiger partial charge in [0.1, 0.15) is 0 Å². The molecule has 0 aromatic heterocycles. The Hall–Kier alpha value is -2.24. The third kappa shape index (κ3) is 4.11. The highest BCUT2D eigenvalue weighted by Crippen LogP contribution is 2.23. The fourth-order valence-corrected chi connectivity index (χ4v) is 2.66. The van der Waals surface area contributed by atoms with Crippen molar-refractivity contribution >= 4 is 23.4 Å². The summed E-state index contributed by atoms with van der Waals surface area (Å²) in [6.45, 7) is 0.656. The Kier molecular flexibility index (Phi) is 5.03. The molecule has 1 fully saturated rings. The molecule has 1 saturated heterocycles. The predicted molar refractivity (Wildman–Crippen MR) is 81.1 cm³/mol. The molecule has 6 heteroatoms. The van der Waals surface area contributed by atoms with Gasteiger partial charge in [0.05, 0.1) is 11.4 Å². The number of piperidine rings is 1. The van der Waals surface area contributed by atoms with Gasteiger partial charge in [-0.25, -0.2) is 4.79 Å². The number of rotatable bonds is 4. The Labute approximate surface area is 123 Å². The first-order valence-electron chi connectivity index (χ1n) is 7.22. The molecule has 21 heavy (non-hydrogen) atoms. The molecule has 114 valence electrons.